The zero-order valence-electron chi connectivity index (χ0n) is 37.2. The largest absolute Gasteiger partial charge is 0.455 e. The van der Waals surface area contributed by atoms with Gasteiger partial charge in [-0.05, 0) is 137 Å². The van der Waals surface area contributed by atoms with Crippen molar-refractivity contribution in [1.29, 1.82) is 0 Å². The van der Waals surface area contributed by atoms with Crippen molar-refractivity contribution in [3.05, 3.63) is 261 Å². The summed E-state index contributed by atoms with van der Waals surface area (Å²) >= 11 is 0. The molecule has 0 saturated heterocycles. The first kappa shape index (κ1) is 39.4. The van der Waals surface area contributed by atoms with Crippen LogP contribution in [0.1, 0.15) is 0 Å². The van der Waals surface area contributed by atoms with Gasteiger partial charge in [-0.25, -0.2) is 0 Å². The predicted molar refractivity (Wildman–Crippen MR) is 288 cm³/mol. The fourth-order valence-corrected chi connectivity index (χ4v) is 10.4. The second-order valence-electron chi connectivity index (χ2n) is 17.6. The highest BCUT2D eigenvalue weighted by molar-refractivity contribution is 6.22. The Morgan fingerprint density at radius 3 is 1.47 bits per heavy atom. The van der Waals surface area contributed by atoms with E-state index in [2.05, 4.69) is 254 Å². The van der Waals surface area contributed by atoms with Gasteiger partial charge in [0.15, 0.2) is 0 Å². The molecule has 12 aromatic carbocycles. The smallest absolute Gasteiger partial charge is 0.143 e. The first-order valence-corrected chi connectivity index (χ1v) is 23.3. The third-order valence-corrected chi connectivity index (χ3v) is 13.6. The number of fused-ring (bicyclic) bond motifs is 7. The van der Waals surface area contributed by atoms with E-state index in [4.69, 9.17) is 4.42 Å². The van der Waals surface area contributed by atoms with Gasteiger partial charge in [0, 0.05) is 33.4 Å². The standard InChI is InChI=1S/C66H43NO/c1-3-17-46(18-4-1)64-60-28-10-9-26-57(60)58-39-36-52(43-62(58)65(64)47-19-5-2-6-20-47)50-23-14-25-55(42-50)67(54-24-13-22-49(41-54)51-33-32-44-16-7-8-21-48(44)40-51)53-37-34-45(35-38-53)56-29-15-30-61-59-27-11-12-31-63(59)68-66(56)61/h1-43H. The van der Waals surface area contributed by atoms with E-state index in [-0.39, 0.29) is 0 Å². The average molecular weight is 866 g/mol. The van der Waals surface area contributed by atoms with Crippen LogP contribution >= 0.6 is 0 Å². The van der Waals surface area contributed by atoms with Gasteiger partial charge in [-0.2, -0.15) is 0 Å². The van der Waals surface area contributed by atoms with Crippen LogP contribution in [0, 0.1) is 0 Å². The number of furan rings is 1. The van der Waals surface area contributed by atoms with Gasteiger partial charge in [-0.15, -0.1) is 0 Å². The predicted octanol–water partition coefficient (Wildman–Crippen LogP) is 18.9. The lowest BCUT2D eigenvalue weighted by molar-refractivity contribution is 0.670. The van der Waals surface area contributed by atoms with E-state index in [9.17, 15) is 0 Å². The van der Waals surface area contributed by atoms with Gasteiger partial charge >= 0.3 is 0 Å². The lowest BCUT2D eigenvalue weighted by Crippen LogP contribution is -2.10. The zero-order chi connectivity index (χ0) is 45.0. The molecule has 0 unspecified atom stereocenters. The minimum absolute atomic E-state index is 0.900. The Hall–Kier alpha value is -8.98. The summed E-state index contributed by atoms with van der Waals surface area (Å²) in [5, 5.41) is 9.69. The fraction of sp³-hybridized carbons (Fsp3) is 0. The lowest BCUT2D eigenvalue weighted by atomic mass is 9.84. The first-order chi connectivity index (χ1) is 33.7. The number of hydrogen-bond donors (Lipinski definition) is 0. The van der Waals surface area contributed by atoms with Crippen LogP contribution in [-0.2, 0) is 0 Å². The van der Waals surface area contributed by atoms with Crippen molar-refractivity contribution in [2.45, 2.75) is 0 Å². The van der Waals surface area contributed by atoms with Gasteiger partial charge in [0.25, 0.3) is 0 Å². The normalized spacial score (nSPS) is 11.5. The van der Waals surface area contributed by atoms with Crippen molar-refractivity contribution >= 4 is 71.3 Å². The topological polar surface area (TPSA) is 16.4 Å². The summed E-state index contributed by atoms with van der Waals surface area (Å²) in [6.07, 6.45) is 0. The molecule has 68 heavy (non-hydrogen) atoms. The molecule has 0 amide bonds. The molecule has 1 aromatic heterocycles. The van der Waals surface area contributed by atoms with Crippen LogP contribution in [0.3, 0.4) is 0 Å². The summed E-state index contributed by atoms with van der Waals surface area (Å²) in [4.78, 5) is 2.39. The number of nitrogens with zero attached hydrogens (tertiary/aromatic N) is 1. The number of rotatable bonds is 8. The van der Waals surface area contributed by atoms with Gasteiger partial charge < -0.3 is 9.32 Å². The van der Waals surface area contributed by atoms with Crippen LogP contribution < -0.4 is 4.90 Å². The molecule has 2 heteroatoms. The summed E-state index contributed by atoms with van der Waals surface area (Å²) in [5.41, 5.74) is 16.7. The molecule has 1 heterocycles. The molecule has 0 bridgehead atoms. The number of hydrogen-bond acceptors (Lipinski definition) is 2. The Morgan fingerprint density at radius 1 is 0.250 bits per heavy atom. The maximum Gasteiger partial charge on any atom is 0.143 e. The molecular weight excluding hydrogens is 823 g/mol. The molecular formula is C66H43NO. The Bertz CT molecular complexity index is 4020. The molecule has 13 aromatic rings. The first-order valence-electron chi connectivity index (χ1n) is 23.3. The molecule has 0 aliphatic carbocycles. The van der Waals surface area contributed by atoms with Crippen molar-refractivity contribution in [3.8, 4) is 55.6 Å². The van der Waals surface area contributed by atoms with Crippen LogP contribution in [0.5, 0.6) is 0 Å². The molecule has 13 rings (SSSR count). The van der Waals surface area contributed by atoms with Gasteiger partial charge in [-0.3, -0.25) is 0 Å². The van der Waals surface area contributed by atoms with Gasteiger partial charge in [-0.1, -0.05) is 206 Å². The molecule has 0 fully saturated rings. The summed E-state index contributed by atoms with van der Waals surface area (Å²) in [7, 11) is 0. The Morgan fingerprint density at radius 2 is 0.750 bits per heavy atom. The fourth-order valence-electron chi connectivity index (χ4n) is 10.4. The second-order valence-corrected chi connectivity index (χ2v) is 17.6. The number of para-hydroxylation sites is 2. The van der Waals surface area contributed by atoms with Crippen molar-refractivity contribution in [2.24, 2.45) is 0 Å². The van der Waals surface area contributed by atoms with Crippen LogP contribution in [0.4, 0.5) is 17.1 Å². The molecule has 2 nitrogen and oxygen atoms in total. The highest BCUT2D eigenvalue weighted by Crippen LogP contribution is 2.47. The monoisotopic (exact) mass is 865 g/mol. The van der Waals surface area contributed by atoms with Gasteiger partial charge in [0.1, 0.15) is 11.2 Å². The van der Waals surface area contributed by atoms with E-state index < -0.39 is 0 Å². The van der Waals surface area contributed by atoms with E-state index in [1.54, 1.807) is 0 Å². The highest BCUT2D eigenvalue weighted by Gasteiger charge is 2.20. The molecule has 0 aliphatic rings. The van der Waals surface area contributed by atoms with E-state index in [1.165, 1.54) is 60.1 Å². The third kappa shape index (κ3) is 6.82. The van der Waals surface area contributed by atoms with Crippen LogP contribution in [-0.4, -0.2) is 0 Å². The maximum atomic E-state index is 6.49. The SMILES string of the molecule is c1ccc(-c2c(-c3ccccc3)c3cc(-c4cccc(N(c5ccc(-c6cccc7c6oc6ccccc67)cc5)c5cccc(-c6ccc7ccccc7c6)c5)c4)ccc3c3ccccc23)cc1. The van der Waals surface area contributed by atoms with Crippen molar-refractivity contribution < 1.29 is 4.42 Å². The third-order valence-electron chi connectivity index (χ3n) is 13.6. The Balaban J connectivity index is 0.974. The molecule has 0 radical (unpaired) electrons. The van der Waals surface area contributed by atoms with E-state index in [1.807, 2.05) is 12.1 Å². The zero-order valence-corrected chi connectivity index (χ0v) is 37.2. The molecule has 0 N–H and O–H groups in total. The summed E-state index contributed by atoms with van der Waals surface area (Å²) in [5.74, 6) is 0. The molecule has 0 spiro atoms. The quantitative estimate of drug-likeness (QED) is 0.142. The van der Waals surface area contributed by atoms with Gasteiger partial charge in [0.05, 0.1) is 0 Å². The van der Waals surface area contributed by atoms with Crippen molar-refractivity contribution in [3.63, 3.8) is 0 Å². The Labute approximate surface area is 395 Å². The minimum atomic E-state index is 0.900. The lowest BCUT2D eigenvalue weighted by Gasteiger charge is -2.27. The summed E-state index contributed by atoms with van der Waals surface area (Å²) in [6.45, 7) is 0. The van der Waals surface area contributed by atoms with Crippen LogP contribution in [0.15, 0.2) is 265 Å². The van der Waals surface area contributed by atoms with E-state index in [0.717, 1.165) is 66.8 Å². The molecule has 318 valence electrons. The highest BCUT2D eigenvalue weighted by atomic mass is 16.3. The van der Waals surface area contributed by atoms with E-state index >= 15 is 0 Å². The summed E-state index contributed by atoms with van der Waals surface area (Å²) in [6, 6.07) is 94.5. The maximum absolute atomic E-state index is 6.49. The molecule has 0 saturated carbocycles. The van der Waals surface area contributed by atoms with Crippen LogP contribution in [0.2, 0.25) is 0 Å². The molecule has 0 aliphatic heterocycles. The number of anilines is 3. The van der Waals surface area contributed by atoms with Gasteiger partial charge in [0.2, 0.25) is 0 Å². The Kier molecular flexibility index (Phi) is 9.54. The van der Waals surface area contributed by atoms with Crippen LogP contribution in [0.25, 0.3) is 110 Å². The number of benzene rings is 12. The molecule has 0 atom stereocenters. The van der Waals surface area contributed by atoms with E-state index in [0.29, 0.717) is 0 Å². The summed E-state index contributed by atoms with van der Waals surface area (Å²) < 4.78 is 6.49. The minimum Gasteiger partial charge on any atom is -0.455 e. The van der Waals surface area contributed by atoms with Crippen molar-refractivity contribution in [2.75, 3.05) is 4.90 Å². The van der Waals surface area contributed by atoms with Crippen molar-refractivity contribution in [1.82, 2.24) is 0 Å². The second kappa shape index (κ2) is 16.5. The average Bonchev–Trinajstić information content (AvgIpc) is 3.80.